The molecule has 0 fully saturated rings. The molecule has 2 aromatic heterocycles. The lowest BCUT2D eigenvalue weighted by Crippen LogP contribution is -2.26. The van der Waals surface area contributed by atoms with Gasteiger partial charge in [-0.1, -0.05) is 42.5 Å². The number of rotatable bonds is 7. The number of hydrogen-bond donors (Lipinski definition) is 0. The Balaban J connectivity index is 1.47. The first-order valence-corrected chi connectivity index (χ1v) is 10.3. The van der Waals surface area contributed by atoms with Gasteiger partial charge in [-0.05, 0) is 56.4 Å². The highest BCUT2D eigenvalue weighted by Gasteiger charge is 2.15. The molecule has 0 saturated carbocycles. The van der Waals surface area contributed by atoms with Crippen LogP contribution in [0.1, 0.15) is 29.9 Å². The fraction of sp³-hybridized carbons (Fsp3) is 0.273. The molecule has 0 saturated heterocycles. The second kappa shape index (κ2) is 8.73. The number of hydrogen-bond acceptors (Lipinski definition) is 5. The van der Waals surface area contributed by atoms with E-state index in [1.54, 1.807) is 11.0 Å². The van der Waals surface area contributed by atoms with Crippen LogP contribution in [0.15, 0.2) is 67.3 Å². The number of aryl methyl sites for hydroxylation is 1. The maximum atomic E-state index is 5.72. The fourth-order valence-corrected chi connectivity index (χ4v) is 3.72. The molecule has 0 amide bonds. The number of nitrogens with zero attached hydrogens (tertiary/aromatic N) is 7. The van der Waals surface area contributed by atoms with Crippen LogP contribution in [0.3, 0.4) is 0 Å². The van der Waals surface area contributed by atoms with Gasteiger partial charge in [0.15, 0.2) is 4.77 Å². The van der Waals surface area contributed by atoms with E-state index in [-0.39, 0.29) is 6.04 Å². The van der Waals surface area contributed by atoms with Crippen molar-refractivity contribution in [3.05, 3.63) is 89.0 Å². The molecule has 154 valence electrons. The Bertz CT molecular complexity index is 1140. The van der Waals surface area contributed by atoms with Crippen molar-refractivity contribution in [2.24, 2.45) is 0 Å². The molecule has 1 atom stereocenters. The van der Waals surface area contributed by atoms with Crippen LogP contribution in [0, 0.1) is 11.7 Å². The van der Waals surface area contributed by atoms with Gasteiger partial charge in [0.1, 0.15) is 18.5 Å². The average molecular weight is 420 g/mol. The zero-order valence-electron chi connectivity index (χ0n) is 17.4. The van der Waals surface area contributed by atoms with E-state index in [2.05, 4.69) is 75.0 Å². The molecule has 0 N–H and O–H groups in total. The topological polar surface area (TPSA) is 56.7 Å². The smallest absolute Gasteiger partial charge is 0.199 e. The third kappa shape index (κ3) is 4.24. The van der Waals surface area contributed by atoms with Gasteiger partial charge >= 0.3 is 0 Å². The van der Waals surface area contributed by atoms with Crippen LogP contribution in [0.5, 0.6) is 0 Å². The van der Waals surface area contributed by atoms with Gasteiger partial charge in [-0.3, -0.25) is 9.47 Å². The third-order valence-electron chi connectivity index (χ3n) is 5.37. The Morgan fingerprint density at radius 2 is 1.80 bits per heavy atom. The number of benzene rings is 2. The predicted molar refractivity (Wildman–Crippen MR) is 119 cm³/mol. The van der Waals surface area contributed by atoms with Crippen molar-refractivity contribution in [2.45, 2.75) is 33.1 Å². The van der Waals surface area contributed by atoms with Crippen molar-refractivity contribution >= 4 is 12.2 Å². The summed E-state index contributed by atoms with van der Waals surface area (Å²) in [6, 6.07) is 18.9. The van der Waals surface area contributed by atoms with Crippen molar-refractivity contribution in [2.75, 3.05) is 7.05 Å². The summed E-state index contributed by atoms with van der Waals surface area (Å²) in [5, 5.41) is 8.86. The van der Waals surface area contributed by atoms with Gasteiger partial charge in [0.25, 0.3) is 0 Å². The second-order valence-corrected chi connectivity index (χ2v) is 7.77. The summed E-state index contributed by atoms with van der Waals surface area (Å²) in [5.41, 5.74) is 3.42. The summed E-state index contributed by atoms with van der Waals surface area (Å²) >= 11 is 5.72. The van der Waals surface area contributed by atoms with Crippen molar-refractivity contribution in [3.8, 4) is 5.69 Å². The minimum absolute atomic E-state index is 0.205. The average Bonchev–Trinajstić information content (AvgIpc) is 3.39. The Morgan fingerprint density at radius 3 is 2.47 bits per heavy atom. The highest BCUT2D eigenvalue weighted by molar-refractivity contribution is 7.71. The Morgan fingerprint density at radius 1 is 1.07 bits per heavy atom. The normalized spacial score (nSPS) is 12.4. The van der Waals surface area contributed by atoms with Crippen molar-refractivity contribution < 1.29 is 0 Å². The van der Waals surface area contributed by atoms with Crippen LogP contribution in [0.2, 0.25) is 0 Å². The van der Waals surface area contributed by atoms with E-state index in [1.165, 1.54) is 17.5 Å². The highest BCUT2D eigenvalue weighted by Crippen LogP contribution is 2.21. The molecule has 0 aliphatic heterocycles. The monoisotopic (exact) mass is 419 g/mol. The van der Waals surface area contributed by atoms with Crippen molar-refractivity contribution in [1.82, 2.24) is 34.0 Å². The van der Waals surface area contributed by atoms with Gasteiger partial charge in [-0.2, -0.15) is 10.2 Å². The SMILES string of the molecule is Cc1nn(CN(C)[C@H](C)c2ccc(-n3cncn3)cc2)c(=S)n1Cc1ccccc1. The second-order valence-electron chi connectivity index (χ2n) is 7.41. The van der Waals surface area contributed by atoms with Gasteiger partial charge in [0.2, 0.25) is 0 Å². The summed E-state index contributed by atoms with van der Waals surface area (Å²) in [6.45, 7) is 5.53. The van der Waals surface area contributed by atoms with Gasteiger partial charge < -0.3 is 0 Å². The first-order chi connectivity index (χ1) is 14.5. The first-order valence-electron chi connectivity index (χ1n) is 9.86. The third-order valence-corrected chi connectivity index (χ3v) is 5.80. The fourth-order valence-electron chi connectivity index (χ4n) is 3.42. The summed E-state index contributed by atoms with van der Waals surface area (Å²) in [6.07, 6.45) is 3.23. The number of aromatic nitrogens is 6. The van der Waals surface area contributed by atoms with Crippen LogP contribution < -0.4 is 0 Å². The van der Waals surface area contributed by atoms with Gasteiger partial charge in [0.05, 0.1) is 18.9 Å². The van der Waals surface area contributed by atoms with E-state index in [9.17, 15) is 0 Å². The van der Waals surface area contributed by atoms with Crippen molar-refractivity contribution in [1.29, 1.82) is 0 Å². The predicted octanol–water partition coefficient (Wildman–Crippen LogP) is 4.00. The quantitative estimate of drug-likeness (QED) is 0.424. The Kier molecular flexibility index (Phi) is 5.87. The molecule has 8 heteroatoms. The minimum atomic E-state index is 0.205. The van der Waals surface area contributed by atoms with E-state index >= 15 is 0 Å². The van der Waals surface area contributed by atoms with Crippen molar-refractivity contribution in [3.63, 3.8) is 0 Å². The van der Waals surface area contributed by atoms with E-state index in [0.29, 0.717) is 6.67 Å². The van der Waals surface area contributed by atoms with E-state index in [1.807, 2.05) is 29.8 Å². The van der Waals surface area contributed by atoms with Crippen LogP contribution in [-0.2, 0) is 13.2 Å². The Labute approximate surface area is 181 Å². The maximum Gasteiger partial charge on any atom is 0.199 e. The summed E-state index contributed by atoms with van der Waals surface area (Å²) in [4.78, 5) is 6.23. The van der Waals surface area contributed by atoms with Gasteiger partial charge in [0, 0.05) is 6.04 Å². The molecule has 30 heavy (non-hydrogen) atoms. The lowest BCUT2D eigenvalue weighted by molar-refractivity contribution is 0.194. The molecular formula is C22H25N7S. The standard InChI is InChI=1S/C22H25N7S/c1-17(20-9-11-21(12-10-20)28-15-23-14-24-28)26(3)16-29-22(30)27(18(2)25-29)13-19-7-5-4-6-8-19/h4-12,14-15,17H,13,16H2,1-3H3/t17-/m1/s1. The van der Waals surface area contributed by atoms with E-state index in [4.69, 9.17) is 12.2 Å². The van der Waals surface area contributed by atoms with Crippen LogP contribution in [-0.4, -0.2) is 41.1 Å². The minimum Gasteiger partial charge on any atom is -0.300 e. The van der Waals surface area contributed by atoms with Gasteiger partial charge in [-0.25, -0.2) is 14.3 Å². The zero-order chi connectivity index (χ0) is 21.1. The molecule has 0 aliphatic rings. The molecule has 0 spiro atoms. The lowest BCUT2D eigenvalue weighted by atomic mass is 10.1. The summed E-state index contributed by atoms with van der Waals surface area (Å²) in [5.74, 6) is 0.919. The Hall–Kier alpha value is -3.10. The summed E-state index contributed by atoms with van der Waals surface area (Å²) < 4.78 is 6.46. The largest absolute Gasteiger partial charge is 0.300 e. The molecule has 4 aromatic rings. The molecule has 0 unspecified atom stereocenters. The zero-order valence-corrected chi connectivity index (χ0v) is 18.2. The molecule has 2 aromatic carbocycles. The van der Waals surface area contributed by atoms with Crippen LogP contribution in [0.4, 0.5) is 0 Å². The molecule has 0 radical (unpaired) electrons. The lowest BCUT2D eigenvalue weighted by Gasteiger charge is -2.25. The maximum absolute atomic E-state index is 5.72. The van der Waals surface area contributed by atoms with Crippen LogP contribution >= 0.6 is 12.2 Å². The molecule has 7 nitrogen and oxygen atoms in total. The summed E-state index contributed by atoms with van der Waals surface area (Å²) in [7, 11) is 2.09. The van der Waals surface area contributed by atoms with E-state index < -0.39 is 0 Å². The molecule has 2 heterocycles. The highest BCUT2D eigenvalue weighted by atomic mass is 32.1. The molecule has 4 rings (SSSR count). The molecule has 0 bridgehead atoms. The molecule has 0 aliphatic carbocycles. The molecular weight excluding hydrogens is 394 g/mol. The van der Waals surface area contributed by atoms with E-state index in [0.717, 1.165) is 22.8 Å². The van der Waals surface area contributed by atoms with Gasteiger partial charge in [-0.15, -0.1) is 0 Å². The van der Waals surface area contributed by atoms with Crippen LogP contribution in [0.25, 0.3) is 5.69 Å². The first kappa shape index (κ1) is 20.2.